The van der Waals surface area contributed by atoms with E-state index in [1.165, 1.54) is 19.3 Å². The number of nitrogens with one attached hydrogen (secondary N) is 2. The molecule has 1 rings (SSSR count). The van der Waals surface area contributed by atoms with E-state index in [0.29, 0.717) is 12.5 Å². The van der Waals surface area contributed by atoms with E-state index in [4.69, 9.17) is 5.11 Å². The van der Waals surface area contributed by atoms with Crippen molar-refractivity contribution in [3.8, 4) is 0 Å². The van der Waals surface area contributed by atoms with E-state index in [0.717, 1.165) is 12.8 Å². The summed E-state index contributed by atoms with van der Waals surface area (Å²) in [6, 6.07) is -0.305. The van der Waals surface area contributed by atoms with E-state index in [1.807, 2.05) is 0 Å². The number of rotatable bonds is 6. The van der Waals surface area contributed by atoms with Crippen LogP contribution in [0.5, 0.6) is 0 Å². The number of urea groups is 1. The van der Waals surface area contributed by atoms with Crippen LogP contribution in [0.15, 0.2) is 0 Å². The highest BCUT2D eigenvalue weighted by atomic mass is 16.4. The molecule has 0 aromatic carbocycles. The molecule has 0 aliphatic heterocycles. The van der Waals surface area contributed by atoms with E-state index < -0.39 is 18.4 Å². The van der Waals surface area contributed by atoms with Gasteiger partial charge >= 0.3 is 12.0 Å². The molecular weight excluding hydrogens is 262 g/mol. The Bertz CT molecular complexity index is 354. The van der Waals surface area contributed by atoms with Crippen molar-refractivity contribution < 1.29 is 19.5 Å². The predicted octanol–water partition coefficient (Wildman–Crippen LogP) is 0.409. The van der Waals surface area contributed by atoms with Crippen LogP contribution in [0.2, 0.25) is 0 Å². The number of aliphatic carboxylic acids is 1. The highest BCUT2D eigenvalue weighted by Crippen LogP contribution is 2.23. The number of hydrogen-bond acceptors (Lipinski definition) is 3. The number of carbonyl (C=O) groups excluding carboxylic acids is 2. The Morgan fingerprint density at radius 1 is 1.10 bits per heavy atom. The van der Waals surface area contributed by atoms with Crippen molar-refractivity contribution >= 4 is 17.9 Å². The lowest BCUT2D eigenvalue weighted by molar-refractivity contribution is -0.137. The summed E-state index contributed by atoms with van der Waals surface area (Å²) < 4.78 is 0. The smallest absolute Gasteiger partial charge is 0.322 e. The molecule has 0 unspecified atom stereocenters. The zero-order valence-electron chi connectivity index (χ0n) is 11.9. The summed E-state index contributed by atoms with van der Waals surface area (Å²) in [6.07, 6.45) is 6.01. The second kappa shape index (κ2) is 8.39. The fourth-order valence-electron chi connectivity index (χ4n) is 2.37. The standard InChI is InChI=1S/C13H23N3O4/c1-16(9-10-5-3-2-4-6-10)13(20)15-7-11(17)14-8-12(18)19/h10H,2-9H2,1H3,(H,14,17)(H,15,20)(H,18,19). The molecule has 1 saturated carbocycles. The molecule has 0 aromatic heterocycles. The maximum Gasteiger partial charge on any atom is 0.322 e. The lowest BCUT2D eigenvalue weighted by Crippen LogP contribution is -2.45. The van der Waals surface area contributed by atoms with Crippen LogP contribution in [0.4, 0.5) is 4.79 Å². The van der Waals surface area contributed by atoms with Crippen molar-refractivity contribution in [2.24, 2.45) is 5.92 Å². The van der Waals surface area contributed by atoms with Crippen LogP contribution >= 0.6 is 0 Å². The van der Waals surface area contributed by atoms with Crippen LogP contribution in [0.3, 0.4) is 0 Å². The van der Waals surface area contributed by atoms with Gasteiger partial charge < -0.3 is 20.6 Å². The molecule has 0 radical (unpaired) electrons. The van der Waals surface area contributed by atoms with Crippen molar-refractivity contribution in [1.29, 1.82) is 0 Å². The Balaban J connectivity index is 2.20. The largest absolute Gasteiger partial charge is 0.480 e. The summed E-state index contributed by atoms with van der Waals surface area (Å²) in [5.74, 6) is -1.08. The maximum absolute atomic E-state index is 11.8. The highest BCUT2D eigenvalue weighted by molar-refractivity contribution is 5.86. The molecule has 7 nitrogen and oxygen atoms in total. The normalized spacial score (nSPS) is 15.4. The van der Waals surface area contributed by atoms with Crippen molar-refractivity contribution in [3.05, 3.63) is 0 Å². The molecule has 0 bridgehead atoms. The van der Waals surface area contributed by atoms with Crippen LogP contribution in [-0.4, -0.2) is 54.6 Å². The Labute approximate surface area is 118 Å². The second-order valence-corrected chi connectivity index (χ2v) is 5.21. The maximum atomic E-state index is 11.8. The number of carbonyl (C=O) groups is 3. The fourth-order valence-corrected chi connectivity index (χ4v) is 2.37. The SMILES string of the molecule is CN(CC1CCCCC1)C(=O)NCC(=O)NCC(=O)O. The lowest BCUT2D eigenvalue weighted by Gasteiger charge is -2.27. The summed E-state index contributed by atoms with van der Waals surface area (Å²) in [5, 5.41) is 13.1. The summed E-state index contributed by atoms with van der Waals surface area (Å²) in [6.45, 7) is 0.0519. The van der Waals surface area contributed by atoms with Crippen molar-refractivity contribution in [1.82, 2.24) is 15.5 Å². The molecule has 1 aliphatic carbocycles. The van der Waals surface area contributed by atoms with Crippen LogP contribution in [0, 0.1) is 5.92 Å². The first-order valence-corrected chi connectivity index (χ1v) is 6.96. The Kier molecular flexibility index (Phi) is 6.83. The van der Waals surface area contributed by atoms with Gasteiger partial charge in [0.1, 0.15) is 6.54 Å². The molecule has 0 atom stereocenters. The molecule has 0 aromatic rings. The van der Waals surface area contributed by atoms with Crippen molar-refractivity contribution in [3.63, 3.8) is 0 Å². The molecule has 0 spiro atoms. The molecule has 20 heavy (non-hydrogen) atoms. The van der Waals surface area contributed by atoms with Gasteiger partial charge in [-0.15, -0.1) is 0 Å². The molecule has 1 fully saturated rings. The van der Waals surface area contributed by atoms with Crippen molar-refractivity contribution in [2.45, 2.75) is 32.1 Å². The number of carboxylic acids is 1. The Hall–Kier alpha value is -1.79. The first kappa shape index (κ1) is 16.3. The minimum absolute atomic E-state index is 0.207. The monoisotopic (exact) mass is 285 g/mol. The van der Waals surface area contributed by atoms with Gasteiger partial charge in [0.15, 0.2) is 0 Å². The van der Waals surface area contributed by atoms with E-state index in [2.05, 4.69) is 10.6 Å². The van der Waals surface area contributed by atoms with Gasteiger partial charge in [0.25, 0.3) is 0 Å². The molecule has 0 heterocycles. The first-order valence-electron chi connectivity index (χ1n) is 6.96. The summed E-state index contributed by atoms with van der Waals surface area (Å²) in [4.78, 5) is 34.9. The zero-order valence-corrected chi connectivity index (χ0v) is 11.9. The number of amides is 3. The Morgan fingerprint density at radius 2 is 1.75 bits per heavy atom. The third-order valence-electron chi connectivity index (χ3n) is 3.44. The van der Waals surface area contributed by atoms with Crippen molar-refractivity contribution in [2.75, 3.05) is 26.7 Å². The lowest BCUT2D eigenvalue weighted by atomic mass is 9.89. The molecule has 3 N–H and O–H groups in total. The minimum Gasteiger partial charge on any atom is -0.480 e. The van der Waals surface area contributed by atoms with E-state index in [-0.39, 0.29) is 12.6 Å². The third kappa shape index (κ3) is 6.40. The van der Waals surface area contributed by atoms with Gasteiger partial charge in [-0.3, -0.25) is 9.59 Å². The predicted molar refractivity (Wildman–Crippen MR) is 73.2 cm³/mol. The Morgan fingerprint density at radius 3 is 2.35 bits per heavy atom. The summed E-state index contributed by atoms with van der Waals surface area (Å²) in [5.41, 5.74) is 0. The highest BCUT2D eigenvalue weighted by Gasteiger charge is 2.18. The van der Waals surface area contributed by atoms with E-state index >= 15 is 0 Å². The van der Waals surface area contributed by atoms with Gasteiger partial charge in [-0.25, -0.2) is 4.79 Å². The van der Waals surface area contributed by atoms with Gasteiger partial charge in [-0.05, 0) is 18.8 Å². The van der Waals surface area contributed by atoms with E-state index in [1.54, 1.807) is 11.9 Å². The number of nitrogens with zero attached hydrogens (tertiary/aromatic N) is 1. The molecular formula is C13H23N3O4. The number of carboxylic acid groups (broad SMARTS) is 1. The first-order chi connectivity index (χ1) is 9.49. The molecule has 0 saturated heterocycles. The minimum atomic E-state index is -1.11. The van der Waals surface area contributed by atoms with Gasteiger partial charge in [-0.2, -0.15) is 0 Å². The number of hydrogen-bond donors (Lipinski definition) is 3. The topological polar surface area (TPSA) is 98.7 Å². The zero-order chi connectivity index (χ0) is 15.0. The third-order valence-corrected chi connectivity index (χ3v) is 3.44. The summed E-state index contributed by atoms with van der Waals surface area (Å²) in [7, 11) is 1.71. The van der Waals surface area contributed by atoms with Crippen LogP contribution in [0.25, 0.3) is 0 Å². The van der Waals surface area contributed by atoms with Gasteiger partial charge in [0.2, 0.25) is 5.91 Å². The average Bonchev–Trinajstić information content (AvgIpc) is 2.43. The van der Waals surface area contributed by atoms with Crippen LogP contribution in [-0.2, 0) is 9.59 Å². The summed E-state index contributed by atoms with van der Waals surface area (Å²) >= 11 is 0. The molecule has 7 heteroatoms. The fraction of sp³-hybridized carbons (Fsp3) is 0.769. The van der Waals surface area contributed by atoms with Gasteiger partial charge in [0, 0.05) is 13.6 Å². The molecule has 114 valence electrons. The quantitative estimate of drug-likeness (QED) is 0.658. The average molecular weight is 285 g/mol. The second-order valence-electron chi connectivity index (χ2n) is 5.21. The van der Waals surface area contributed by atoms with E-state index in [9.17, 15) is 14.4 Å². The van der Waals surface area contributed by atoms with Gasteiger partial charge in [-0.1, -0.05) is 19.3 Å². The molecule has 1 aliphatic rings. The molecule has 3 amide bonds. The van der Waals surface area contributed by atoms with Gasteiger partial charge in [0.05, 0.1) is 6.54 Å². The van der Waals surface area contributed by atoms with Crippen LogP contribution < -0.4 is 10.6 Å². The van der Waals surface area contributed by atoms with Crippen LogP contribution in [0.1, 0.15) is 32.1 Å².